The Morgan fingerprint density at radius 1 is 1.37 bits per heavy atom. The first-order valence-corrected chi connectivity index (χ1v) is 6.78. The molecule has 1 aromatic rings. The summed E-state index contributed by atoms with van der Waals surface area (Å²) in [7, 11) is 1.67. The van der Waals surface area contributed by atoms with Gasteiger partial charge in [0.15, 0.2) is 0 Å². The van der Waals surface area contributed by atoms with Gasteiger partial charge in [-0.15, -0.1) is 0 Å². The van der Waals surface area contributed by atoms with Crippen molar-refractivity contribution in [1.29, 1.82) is 0 Å². The lowest BCUT2D eigenvalue weighted by molar-refractivity contribution is -0.162. The lowest BCUT2D eigenvalue weighted by atomic mass is 9.88. The van der Waals surface area contributed by atoms with Crippen LogP contribution in [0.2, 0.25) is 0 Å². The molecule has 0 aliphatic heterocycles. The van der Waals surface area contributed by atoms with Gasteiger partial charge in [0.05, 0.1) is 12.7 Å². The van der Waals surface area contributed by atoms with Gasteiger partial charge in [0, 0.05) is 20.1 Å². The molecule has 0 aromatic heterocycles. The van der Waals surface area contributed by atoms with Crippen LogP contribution in [0.25, 0.3) is 0 Å². The first kappa shape index (κ1) is 14.3. The van der Waals surface area contributed by atoms with Crippen molar-refractivity contribution in [2.24, 2.45) is 0 Å². The Kier molecular flexibility index (Phi) is 5.19. The fraction of sp³-hybridized carbons (Fsp3) is 0.600. The van der Waals surface area contributed by atoms with Gasteiger partial charge in [-0.1, -0.05) is 19.1 Å². The highest BCUT2D eigenvalue weighted by atomic mass is 16.6. The van der Waals surface area contributed by atoms with E-state index in [4.69, 9.17) is 14.2 Å². The van der Waals surface area contributed by atoms with Gasteiger partial charge in [-0.2, -0.15) is 0 Å². The van der Waals surface area contributed by atoms with E-state index in [9.17, 15) is 5.11 Å². The van der Waals surface area contributed by atoms with Crippen molar-refractivity contribution in [3.05, 3.63) is 29.8 Å². The molecule has 1 aromatic carbocycles. The Hall–Kier alpha value is -1.10. The van der Waals surface area contributed by atoms with Crippen molar-refractivity contribution in [3.8, 4) is 5.75 Å². The summed E-state index contributed by atoms with van der Waals surface area (Å²) >= 11 is 0. The van der Waals surface area contributed by atoms with Crippen molar-refractivity contribution >= 4 is 0 Å². The highest BCUT2D eigenvalue weighted by Gasteiger charge is 2.42. The first-order chi connectivity index (χ1) is 9.24. The number of aliphatic hydroxyl groups is 1. The van der Waals surface area contributed by atoms with Gasteiger partial charge in [0.2, 0.25) is 0 Å². The van der Waals surface area contributed by atoms with E-state index in [0.717, 1.165) is 17.7 Å². The predicted octanol–water partition coefficient (Wildman–Crippen LogP) is 2.14. The average Bonchev–Trinajstić information content (AvgIpc) is 2.39. The topological polar surface area (TPSA) is 47.9 Å². The van der Waals surface area contributed by atoms with Crippen LogP contribution in [-0.4, -0.2) is 37.1 Å². The number of benzene rings is 1. The fourth-order valence-electron chi connectivity index (χ4n) is 2.20. The van der Waals surface area contributed by atoms with E-state index >= 15 is 0 Å². The monoisotopic (exact) mass is 266 g/mol. The van der Waals surface area contributed by atoms with E-state index in [1.54, 1.807) is 7.11 Å². The summed E-state index contributed by atoms with van der Waals surface area (Å²) < 4.78 is 16.6. The van der Waals surface area contributed by atoms with Gasteiger partial charge in [-0.3, -0.25) is 0 Å². The van der Waals surface area contributed by atoms with E-state index in [1.807, 2.05) is 24.3 Å². The maximum absolute atomic E-state index is 9.70. The second kappa shape index (κ2) is 6.89. The van der Waals surface area contributed by atoms with Gasteiger partial charge >= 0.3 is 0 Å². The third kappa shape index (κ3) is 3.69. The quantitative estimate of drug-likeness (QED) is 0.821. The normalized spacial score (nSPS) is 25.9. The number of hydrogen-bond donors (Lipinski definition) is 1. The molecule has 2 rings (SSSR count). The zero-order valence-corrected chi connectivity index (χ0v) is 11.5. The third-order valence-corrected chi connectivity index (χ3v) is 3.23. The maximum Gasteiger partial charge on any atom is 0.130 e. The van der Waals surface area contributed by atoms with Gasteiger partial charge in [-0.05, 0) is 24.1 Å². The van der Waals surface area contributed by atoms with Gasteiger partial charge in [0.1, 0.15) is 18.0 Å². The summed E-state index contributed by atoms with van der Waals surface area (Å²) in [6.07, 6.45) is 0.909. The molecule has 1 fully saturated rings. The molecular weight excluding hydrogens is 244 g/mol. The molecule has 0 bridgehead atoms. The molecule has 0 saturated heterocycles. The molecule has 1 aliphatic rings. The molecule has 4 heteroatoms. The zero-order valence-electron chi connectivity index (χ0n) is 11.5. The molecule has 0 heterocycles. The van der Waals surface area contributed by atoms with Gasteiger partial charge in [-0.25, -0.2) is 0 Å². The van der Waals surface area contributed by atoms with E-state index in [-0.39, 0.29) is 12.2 Å². The molecule has 0 radical (unpaired) electrons. The average molecular weight is 266 g/mol. The number of rotatable bonds is 7. The van der Waals surface area contributed by atoms with Crippen molar-refractivity contribution in [1.82, 2.24) is 0 Å². The predicted molar refractivity (Wildman–Crippen MR) is 72.2 cm³/mol. The standard InChI is InChI=1S/C15H22O4/c1-3-7-18-15-13(16)9-14(15)19-12-6-4-5-11(8-12)10-17-2/h4-6,8,13-16H,3,7,9-10H2,1-2H3. The number of ether oxygens (including phenoxy) is 3. The van der Waals surface area contributed by atoms with E-state index in [0.29, 0.717) is 19.6 Å². The molecule has 4 nitrogen and oxygen atoms in total. The van der Waals surface area contributed by atoms with Gasteiger partial charge < -0.3 is 19.3 Å². The molecule has 106 valence electrons. The molecule has 3 atom stereocenters. The largest absolute Gasteiger partial charge is 0.488 e. The highest BCUT2D eigenvalue weighted by molar-refractivity contribution is 5.28. The van der Waals surface area contributed by atoms with Crippen LogP contribution in [0.4, 0.5) is 0 Å². The summed E-state index contributed by atoms with van der Waals surface area (Å²) in [5.41, 5.74) is 1.07. The summed E-state index contributed by atoms with van der Waals surface area (Å²) in [5.74, 6) is 0.802. The fourth-order valence-corrected chi connectivity index (χ4v) is 2.20. The number of methoxy groups -OCH3 is 1. The lowest BCUT2D eigenvalue weighted by Crippen LogP contribution is -2.55. The molecule has 0 amide bonds. The highest BCUT2D eigenvalue weighted by Crippen LogP contribution is 2.29. The van der Waals surface area contributed by atoms with Crippen LogP contribution in [0.3, 0.4) is 0 Å². The molecule has 0 spiro atoms. The second-order valence-corrected chi connectivity index (χ2v) is 4.88. The molecule has 1 saturated carbocycles. The maximum atomic E-state index is 9.70. The van der Waals surface area contributed by atoms with Crippen LogP contribution < -0.4 is 4.74 Å². The lowest BCUT2D eigenvalue weighted by Gasteiger charge is -2.40. The van der Waals surface area contributed by atoms with Crippen molar-refractivity contribution < 1.29 is 19.3 Å². The summed E-state index contributed by atoms with van der Waals surface area (Å²) in [4.78, 5) is 0. The first-order valence-electron chi connectivity index (χ1n) is 6.78. The Bertz CT molecular complexity index is 393. The Morgan fingerprint density at radius 3 is 2.89 bits per heavy atom. The summed E-state index contributed by atoms with van der Waals surface area (Å²) in [5, 5.41) is 9.70. The minimum atomic E-state index is -0.404. The Morgan fingerprint density at radius 2 is 2.21 bits per heavy atom. The van der Waals surface area contributed by atoms with Crippen molar-refractivity contribution in [2.45, 2.75) is 44.7 Å². The van der Waals surface area contributed by atoms with Gasteiger partial charge in [0.25, 0.3) is 0 Å². The van der Waals surface area contributed by atoms with Crippen molar-refractivity contribution in [3.63, 3.8) is 0 Å². The van der Waals surface area contributed by atoms with E-state index in [1.165, 1.54) is 0 Å². The zero-order chi connectivity index (χ0) is 13.7. The Balaban J connectivity index is 1.91. The van der Waals surface area contributed by atoms with E-state index in [2.05, 4.69) is 6.92 Å². The number of hydrogen-bond acceptors (Lipinski definition) is 4. The number of aliphatic hydroxyl groups excluding tert-OH is 1. The van der Waals surface area contributed by atoms with Crippen LogP contribution in [0, 0.1) is 0 Å². The smallest absolute Gasteiger partial charge is 0.130 e. The molecule has 3 unspecified atom stereocenters. The third-order valence-electron chi connectivity index (χ3n) is 3.23. The van der Waals surface area contributed by atoms with Crippen LogP contribution >= 0.6 is 0 Å². The molecular formula is C15H22O4. The minimum absolute atomic E-state index is 0.0562. The summed E-state index contributed by atoms with van der Waals surface area (Å²) in [6, 6.07) is 7.82. The minimum Gasteiger partial charge on any atom is -0.488 e. The molecule has 1 aliphatic carbocycles. The summed E-state index contributed by atoms with van der Waals surface area (Å²) in [6.45, 7) is 3.28. The second-order valence-electron chi connectivity index (χ2n) is 4.88. The van der Waals surface area contributed by atoms with Crippen LogP contribution in [0.15, 0.2) is 24.3 Å². The van der Waals surface area contributed by atoms with Crippen LogP contribution in [0.5, 0.6) is 5.75 Å². The molecule has 19 heavy (non-hydrogen) atoms. The van der Waals surface area contributed by atoms with Crippen LogP contribution in [-0.2, 0) is 16.1 Å². The van der Waals surface area contributed by atoms with Crippen LogP contribution in [0.1, 0.15) is 25.3 Å². The molecule has 1 N–H and O–H groups in total. The van der Waals surface area contributed by atoms with E-state index < -0.39 is 6.10 Å². The SMILES string of the molecule is CCCOC1C(O)CC1Oc1cccc(COC)c1. The van der Waals surface area contributed by atoms with Crippen molar-refractivity contribution in [2.75, 3.05) is 13.7 Å². The Labute approximate surface area is 114 Å².